The molecule has 0 saturated heterocycles. The van der Waals surface area contributed by atoms with Crippen molar-refractivity contribution < 1.29 is 32.8 Å². The minimum Gasteiger partial charge on any atom is -0.496 e. The van der Waals surface area contributed by atoms with Gasteiger partial charge in [-0.15, -0.1) is 0 Å². The topological polar surface area (TPSA) is 120 Å². The molecule has 0 aliphatic carbocycles. The summed E-state index contributed by atoms with van der Waals surface area (Å²) in [6, 6.07) is 10.3. The van der Waals surface area contributed by atoms with Gasteiger partial charge in [-0.2, -0.15) is 0 Å². The SMILES string of the molecule is COc1cc(OC)c2c(=O)c(OCCCCn3cnc4c(C)c(C)ccc4c3=O)c(-c3cc(OC)c(OC)c(OC)c3)oc2c1. The van der Waals surface area contributed by atoms with Gasteiger partial charge in [0, 0.05) is 24.2 Å². The summed E-state index contributed by atoms with van der Waals surface area (Å²) in [5, 5.41) is 0.801. The van der Waals surface area contributed by atoms with E-state index in [2.05, 4.69) is 4.98 Å². The summed E-state index contributed by atoms with van der Waals surface area (Å²) in [5.41, 5.74) is 3.02. The Bertz CT molecular complexity index is 1970. The van der Waals surface area contributed by atoms with Crippen LogP contribution in [-0.2, 0) is 6.54 Å². The average Bonchev–Trinajstić information content (AvgIpc) is 3.06. The molecule has 0 spiro atoms. The molecule has 0 saturated carbocycles. The highest BCUT2D eigenvalue weighted by atomic mass is 16.5. The molecule has 0 bridgehead atoms. The Labute approximate surface area is 259 Å². The molecule has 2 heterocycles. The Morgan fingerprint density at radius 1 is 0.800 bits per heavy atom. The van der Waals surface area contributed by atoms with Crippen LogP contribution in [0.4, 0.5) is 0 Å². The van der Waals surface area contributed by atoms with Crippen LogP contribution in [0.2, 0.25) is 0 Å². The maximum absolute atomic E-state index is 14.0. The van der Waals surface area contributed by atoms with E-state index in [1.54, 1.807) is 35.2 Å². The number of aryl methyl sites for hydroxylation is 3. The molecular weight excluding hydrogens is 580 g/mol. The number of hydrogen-bond acceptors (Lipinski definition) is 10. The van der Waals surface area contributed by atoms with Crippen LogP contribution in [0, 0.1) is 13.8 Å². The minimum absolute atomic E-state index is 0.00405. The monoisotopic (exact) mass is 616 g/mol. The van der Waals surface area contributed by atoms with Crippen LogP contribution in [-0.4, -0.2) is 51.7 Å². The number of ether oxygens (including phenoxy) is 6. The lowest BCUT2D eigenvalue weighted by atomic mass is 10.1. The summed E-state index contributed by atoms with van der Waals surface area (Å²) in [6.07, 6.45) is 2.74. The second-order valence-corrected chi connectivity index (χ2v) is 10.4. The van der Waals surface area contributed by atoms with E-state index < -0.39 is 5.43 Å². The first-order chi connectivity index (χ1) is 21.8. The molecule has 0 N–H and O–H groups in total. The van der Waals surface area contributed by atoms with Gasteiger partial charge >= 0.3 is 0 Å². The quantitative estimate of drug-likeness (QED) is 0.162. The van der Waals surface area contributed by atoms with Crippen LogP contribution in [0.1, 0.15) is 24.0 Å². The van der Waals surface area contributed by atoms with Crippen molar-refractivity contribution in [2.75, 3.05) is 42.2 Å². The largest absolute Gasteiger partial charge is 0.496 e. The Kier molecular flexibility index (Phi) is 9.17. The van der Waals surface area contributed by atoms with E-state index in [0.29, 0.717) is 53.3 Å². The predicted octanol–water partition coefficient (Wildman–Crippen LogP) is 5.69. The van der Waals surface area contributed by atoms with E-state index in [0.717, 1.165) is 16.6 Å². The van der Waals surface area contributed by atoms with Crippen molar-refractivity contribution in [2.24, 2.45) is 0 Å². The number of rotatable bonds is 12. The summed E-state index contributed by atoms with van der Waals surface area (Å²) in [6.45, 7) is 4.59. The summed E-state index contributed by atoms with van der Waals surface area (Å²) in [7, 11) is 7.49. The van der Waals surface area contributed by atoms with E-state index >= 15 is 0 Å². The van der Waals surface area contributed by atoms with Crippen molar-refractivity contribution in [1.82, 2.24) is 9.55 Å². The van der Waals surface area contributed by atoms with Crippen LogP contribution in [0.15, 0.2) is 56.7 Å². The van der Waals surface area contributed by atoms with Gasteiger partial charge < -0.3 is 32.8 Å². The number of aromatic nitrogens is 2. The predicted molar refractivity (Wildman–Crippen MR) is 171 cm³/mol. The van der Waals surface area contributed by atoms with Crippen LogP contribution < -0.4 is 39.4 Å². The van der Waals surface area contributed by atoms with Gasteiger partial charge in [-0.05, 0) is 56.0 Å². The Hall–Kier alpha value is -5.19. The number of nitrogens with zero attached hydrogens (tertiary/aromatic N) is 2. The third kappa shape index (κ3) is 5.85. The number of hydrogen-bond donors (Lipinski definition) is 0. The van der Waals surface area contributed by atoms with Gasteiger partial charge in [0.1, 0.15) is 22.5 Å². The molecule has 2 aromatic heterocycles. The Morgan fingerprint density at radius 3 is 2.16 bits per heavy atom. The van der Waals surface area contributed by atoms with Gasteiger partial charge in [-0.25, -0.2) is 4.98 Å². The smallest absolute Gasteiger partial charge is 0.261 e. The van der Waals surface area contributed by atoms with Crippen molar-refractivity contribution in [3.8, 4) is 45.8 Å². The van der Waals surface area contributed by atoms with Gasteiger partial charge in [-0.3, -0.25) is 14.2 Å². The zero-order chi connectivity index (χ0) is 32.2. The molecule has 236 valence electrons. The number of benzene rings is 3. The molecule has 0 radical (unpaired) electrons. The second-order valence-electron chi connectivity index (χ2n) is 10.4. The molecule has 0 aliphatic rings. The number of methoxy groups -OCH3 is 5. The normalized spacial score (nSPS) is 11.1. The molecule has 45 heavy (non-hydrogen) atoms. The standard InChI is InChI=1S/C34H36N2O9/c1-19-10-11-23-29(20(19)2)35-18-36(34(23)38)12-8-9-13-44-33-30(37)28-24(40-4)16-22(39-3)17-25(28)45-31(33)21-14-26(41-5)32(43-7)27(15-21)42-6/h10-11,14-18H,8-9,12-13H2,1-7H3. The van der Waals surface area contributed by atoms with Crippen LogP contribution in [0.5, 0.6) is 34.5 Å². The van der Waals surface area contributed by atoms with Crippen molar-refractivity contribution in [2.45, 2.75) is 33.2 Å². The molecule has 0 unspecified atom stereocenters. The van der Waals surface area contributed by atoms with Gasteiger partial charge in [0.15, 0.2) is 17.3 Å². The fraction of sp³-hybridized carbons (Fsp3) is 0.324. The lowest BCUT2D eigenvalue weighted by Crippen LogP contribution is -2.21. The molecule has 5 rings (SSSR count). The molecule has 0 fully saturated rings. The fourth-order valence-electron chi connectivity index (χ4n) is 5.25. The number of unbranched alkanes of at least 4 members (excludes halogenated alkanes) is 1. The highest BCUT2D eigenvalue weighted by Crippen LogP contribution is 2.44. The maximum Gasteiger partial charge on any atom is 0.261 e. The van der Waals surface area contributed by atoms with E-state index in [9.17, 15) is 9.59 Å². The van der Waals surface area contributed by atoms with E-state index in [1.165, 1.54) is 35.5 Å². The molecule has 0 aliphatic heterocycles. The third-order valence-electron chi connectivity index (χ3n) is 7.83. The van der Waals surface area contributed by atoms with Gasteiger partial charge in [0.2, 0.25) is 16.9 Å². The lowest BCUT2D eigenvalue weighted by molar-refractivity contribution is 0.295. The molecular formula is C34H36N2O9. The molecule has 11 heteroatoms. The first-order valence-corrected chi connectivity index (χ1v) is 14.4. The minimum atomic E-state index is -0.417. The highest BCUT2D eigenvalue weighted by Gasteiger charge is 2.24. The maximum atomic E-state index is 14.0. The Morgan fingerprint density at radius 2 is 1.51 bits per heavy atom. The lowest BCUT2D eigenvalue weighted by Gasteiger charge is -2.17. The summed E-state index contributed by atoms with van der Waals surface area (Å²) in [5.74, 6) is 2.05. The van der Waals surface area contributed by atoms with Crippen LogP contribution in [0.25, 0.3) is 33.2 Å². The first kappa shape index (κ1) is 31.2. The summed E-state index contributed by atoms with van der Waals surface area (Å²) in [4.78, 5) is 31.6. The van der Waals surface area contributed by atoms with E-state index in [-0.39, 0.29) is 40.4 Å². The fourth-order valence-corrected chi connectivity index (χ4v) is 5.25. The molecule has 11 nitrogen and oxygen atoms in total. The van der Waals surface area contributed by atoms with Crippen molar-refractivity contribution >= 4 is 21.9 Å². The zero-order valence-electron chi connectivity index (χ0n) is 26.4. The average molecular weight is 617 g/mol. The van der Waals surface area contributed by atoms with Gasteiger partial charge in [0.25, 0.3) is 5.56 Å². The third-order valence-corrected chi connectivity index (χ3v) is 7.83. The number of fused-ring (bicyclic) bond motifs is 2. The van der Waals surface area contributed by atoms with E-state index in [1.807, 2.05) is 26.0 Å². The van der Waals surface area contributed by atoms with Crippen molar-refractivity contribution in [3.63, 3.8) is 0 Å². The first-order valence-electron chi connectivity index (χ1n) is 14.4. The van der Waals surface area contributed by atoms with E-state index in [4.69, 9.17) is 32.8 Å². The zero-order valence-corrected chi connectivity index (χ0v) is 26.4. The molecule has 0 amide bonds. The van der Waals surface area contributed by atoms with Crippen LogP contribution >= 0.6 is 0 Å². The van der Waals surface area contributed by atoms with Crippen LogP contribution in [0.3, 0.4) is 0 Å². The second kappa shape index (κ2) is 13.2. The van der Waals surface area contributed by atoms with Gasteiger partial charge in [0.05, 0.1) is 59.4 Å². The molecule has 0 atom stereocenters. The molecule has 3 aromatic carbocycles. The highest BCUT2D eigenvalue weighted by molar-refractivity contribution is 5.89. The van der Waals surface area contributed by atoms with Crippen molar-refractivity contribution in [1.29, 1.82) is 0 Å². The summed E-state index contributed by atoms with van der Waals surface area (Å²) >= 11 is 0. The van der Waals surface area contributed by atoms with Crippen molar-refractivity contribution in [3.05, 3.63) is 74.4 Å². The Balaban J connectivity index is 1.48. The van der Waals surface area contributed by atoms with Gasteiger partial charge in [-0.1, -0.05) is 6.07 Å². The molecule has 5 aromatic rings. The summed E-state index contributed by atoms with van der Waals surface area (Å²) < 4.78 is 41.5.